The third-order valence-electron chi connectivity index (χ3n) is 3.39. The molecular weight excluding hydrogens is 352 g/mol. The van der Waals surface area contributed by atoms with Crippen LogP contribution in [0.25, 0.3) is 0 Å². The van der Waals surface area contributed by atoms with Crippen LogP contribution in [0.1, 0.15) is 41.0 Å². The molecule has 146 valence electrons. The molecule has 0 saturated heterocycles. The minimum Gasteiger partial charge on any atom is -0.458 e. The number of rotatable bonds is 5. The zero-order valence-electron chi connectivity index (χ0n) is 15.2. The van der Waals surface area contributed by atoms with Crippen molar-refractivity contribution in [2.45, 2.75) is 71.6 Å². The summed E-state index contributed by atoms with van der Waals surface area (Å²) in [6, 6.07) is 0. The number of ether oxygens (including phenoxy) is 5. The summed E-state index contributed by atoms with van der Waals surface area (Å²) in [7, 11) is 0. The molecule has 1 rings (SSSR count). The minimum atomic E-state index is -1.33. The van der Waals surface area contributed by atoms with E-state index in [1.54, 1.807) is 0 Å². The van der Waals surface area contributed by atoms with E-state index in [1.165, 1.54) is 0 Å². The number of carbonyl (C=O) groups excluding carboxylic acids is 5. The van der Waals surface area contributed by atoms with Crippen LogP contribution in [-0.4, -0.2) is 60.4 Å². The Kier molecular flexibility index (Phi) is 7.54. The highest BCUT2D eigenvalue weighted by atomic mass is 16.6. The average Bonchev–Trinajstić information content (AvgIpc) is 2.44. The number of esters is 5. The molecule has 1 saturated carbocycles. The lowest BCUT2D eigenvalue weighted by molar-refractivity contribution is -0.230. The summed E-state index contributed by atoms with van der Waals surface area (Å²) in [5.41, 5.74) is 0. The van der Waals surface area contributed by atoms with Gasteiger partial charge in [-0.1, -0.05) is 0 Å². The first-order chi connectivity index (χ1) is 12.0. The molecule has 10 heteroatoms. The molecule has 0 aromatic rings. The summed E-state index contributed by atoms with van der Waals surface area (Å²) in [6.07, 6.45) is -6.07. The molecule has 0 bridgehead atoms. The van der Waals surface area contributed by atoms with Gasteiger partial charge in [-0.3, -0.25) is 24.0 Å². The summed E-state index contributed by atoms with van der Waals surface area (Å²) in [6.45, 7) is 5.63. The molecular formula is C16H22O10. The average molecular weight is 374 g/mol. The minimum absolute atomic E-state index is 0.118. The zero-order valence-corrected chi connectivity index (χ0v) is 15.2. The summed E-state index contributed by atoms with van der Waals surface area (Å²) in [4.78, 5) is 57.2. The second-order valence-electron chi connectivity index (χ2n) is 5.75. The molecule has 1 aliphatic rings. The Hall–Kier alpha value is -2.65. The van der Waals surface area contributed by atoms with Crippen LogP contribution in [0.15, 0.2) is 0 Å². The Bertz CT molecular complexity index is 542. The molecule has 0 aromatic carbocycles. The van der Waals surface area contributed by atoms with Crippen molar-refractivity contribution in [1.82, 2.24) is 0 Å². The van der Waals surface area contributed by atoms with Crippen LogP contribution in [0.5, 0.6) is 0 Å². The standard InChI is InChI=1S/C16H22O10/c1-7(17)22-12-6-13(23-8(2)18)15(25-10(4)20)16(26-11(5)21)14(12)24-9(3)19/h12-16H,6H2,1-5H3/t12-,13-,14+,15+/m1/s1. The van der Waals surface area contributed by atoms with E-state index in [0.29, 0.717) is 0 Å². The van der Waals surface area contributed by atoms with Gasteiger partial charge >= 0.3 is 29.8 Å². The van der Waals surface area contributed by atoms with Crippen molar-refractivity contribution < 1.29 is 47.7 Å². The fraction of sp³-hybridized carbons (Fsp3) is 0.688. The smallest absolute Gasteiger partial charge is 0.303 e. The van der Waals surface area contributed by atoms with Crippen LogP contribution in [0.4, 0.5) is 0 Å². The van der Waals surface area contributed by atoms with Crippen molar-refractivity contribution in [3.63, 3.8) is 0 Å². The van der Waals surface area contributed by atoms with Crippen molar-refractivity contribution in [2.24, 2.45) is 0 Å². The van der Waals surface area contributed by atoms with Crippen molar-refractivity contribution in [2.75, 3.05) is 0 Å². The molecule has 26 heavy (non-hydrogen) atoms. The third-order valence-corrected chi connectivity index (χ3v) is 3.39. The fourth-order valence-electron chi connectivity index (χ4n) is 2.76. The van der Waals surface area contributed by atoms with Crippen LogP contribution in [0.2, 0.25) is 0 Å². The van der Waals surface area contributed by atoms with Crippen molar-refractivity contribution in [1.29, 1.82) is 0 Å². The lowest BCUT2D eigenvalue weighted by Gasteiger charge is -2.43. The molecule has 0 N–H and O–H groups in total. The van der Waals surface area contributed by atoms with Gasteiger partial charge in [0.15, 0.2) is 18.3 Å². The molecule has 0 aliphatic heterocycles. The van der Waals surface area contributed by atoms with Crippen LogP contribution in [-0.2, 0) is 47.7 Å². The largest absolute Gasteiger partial charge is 0.458 e. The monoisotopic (exact) mass is 374 g/mol. The van der Waals surface area contributed by atoms with E-state index in [2.05, 4.69) is 0 Å². The van der Waals surface area contributed by atoms with Gasteiger partial charge in [0.2, 0.25) is 0 Å². The summed E-state index contributed by atoms with van der Waals surface area (Å²) < 4.78 is 25.8. The Morgan fingerprint density at radius 3 is 1.04 bits per heavy atom. The quantitative estimate of drug-likeness (QED) is 0.480. The molecule has 0 heterocycles. The molecule has 4 atom stereocenters. The van der Waals surface area contributed by atoms with E-state index in [0.717, 1.165) is 34.6 Å². The van der Waals surface area contributed by atoms with Crippen LogP contribution in [0.3, 0.4) is 0 Å². The Morgan fingerprint density at radius 2 is 0.769 bits per heavy atom. The van der Waals surface area contributed by atoms with Gasteiger partial charge in [0.1, 0.15) is 12.2 Å². The molecule has 0 aromatic heterocycles. The van der Waals surface area contributed by atoms with Crippen molar-refractivity contribution >= 4 is 29.8 Å². The van der Waals surface area contributed by atoms with Crippen molar-refractivity contribution in [3.8, 4) is 0 Å². The fourth-order valence-corrected chi connectivity index (χ4v) is 2.76. The SMILES string of the molecule is CC(=O)OC1[C@@H](OC(C)=O)[C@H](OC(C)=O)C[C@@H](OC(C)=O)[C@@H]1OC(C)=O. The molecule has 0 radical (unpaired) electrons. The maximum Gasteiger partial charge on any atom is 0.303 e. The van der Waals surface area contributed by atoms with E-state index >= 15 is 0 Å². The van der Waals surface area contributed by atoms with Gasteiger partial charge in [0.05, 0.1) is 0 Å². The number of carbonyl (C=O) groups is 5. The Labute approximate surface area is 150 Å². The molecule has 0 spiro atoms. The van der Waals surface area contributed by atoms with Crippen molar-refractivity contribution in [3.05, 3.63) is 0 Å². The highest BCUT2D eigenvalue weighted by Crippen LogP contribution is 2.32. The number of hydrogen-bond acceptors (Lipinski definition) is 10. The topological polar surface area (TPSA) is 132 Å². The van der Waals surface area contributed by atoms with Gasteiger partial charge in [-0.15, -0.1) is 0 Å². The lowest BCUT2D eigenvalue weighted by Crippen LogP contribution is -2.61. The van der Waals surface area contributed by atoms with Gasteiger partial charge in [0.25, 0.3) is 0 Å². The Morgan fingerprint density at radius 1 is 0.500 bits per heavy atom. The first-order valence-corrected chi connectivity index (χ1v) is 7.87. The normalized spacial score (nSPS) is 27.7. The second-order valence-corrected chi connectivity index (χ2v) is 5.75. The lowest BCUT2D eigenvalue weighted by atomic mass is 9.86. The van der Waals surface area contributed by atoms with Crippen LogP contribution >= 0.6 is 0 Å². The highest BCUT2D eigenvalue weighted by Gasteiger charge is 2.53. The van der Waals surface area contributed by atoms with E-state index in [-0.39, 0.29) is 6.42 Å². The summed E-state index contributed by atoms with van der Waals surface area (Å²) in [5.74, 6) is -3.56. The second kappa shape index (κ2) is 9.16. The Balaban J connectivity index is 3.32. The van der Waals surface area contributed by atoms with E-state index in [9.17, 15) is 24.0 Å². The molecule has 0 amide bonds. The molecule has 10 nitrogen and oxygen atoms in total. The first kappa shape index (κ1) is 21.4. The van der Waals surface area contributed by atoms with Gasteiger partial charge in [-0.25, -0.2) is 0 Å². The molecule has 1 aliphatic carbocycles. The first-order valence-electron chi connectivity index (χ1n) is 7.87. The van der Waals surface area contributed by atoms with Crippen LogP contribution < -0.4 is 0 Å². The van der Waals surface area contributed by atoms with Gasteiger partial charge < -0.3 is 23.7 Å². The maximum absolute atomic E-state index is 11.5. The van der Waals surface area contributed by atoms with E-state index in [1.807, 2.05) is 0 Å². The van der Waals surface area contributed by atoms with E-state index in [4.69, 9.17) is 23.7 Å². The maximum atomic E-state index is 11.5. The zero-order chi connectivity index (χ0) is 20.0. The van der Waals surface area contributed by atoms with E-state index < -0.39 is 60.4 Å². The predicted molar refractivity (Wildman–Crippen MR) is 82.4 cm³/mol. The summed E-state index contributed by atoms with van der Waals surface area (Å²) in [5, 5.41) is 0. The van der Waals surface area contributed by atoms with Gasteiger partial charge in [0, 0.05) is 41.0 Å². The summed E-state index contributed by atoms with van der Waals surface area (Å²) >= 11 is 0. The van der Waals surface area contributed by atoms with Gasteiger partial charge in [-0.05, 0) is 0 Å². The van der Waals surface area contributed by atoms with Gasteiger partial charge in [-0.2, -0.15) is 0 Å². The third kappa shape index (κ3) is 6.34. The van der Waals surface area contributed by atoms with Crippen LogP contribution in [0, 0.1) is 0 Å². The highest BCUT2D eigenvalue weighted by molar-refractivity contribution is 5.70. The predicted octanol–water partition coefficient (Wildman–Crippen LogP) is 0.0486. The molecule has 1 fully saturated rings. The molecule has 0 unspecified atom stereocenters. The number of hydrogen-bond donors (Lipinski definition) is 0.